The monoisotopic (exact) mass is 328 g/mol. The Morgan fingerprint density at radius 3 is 2.58 bits per heavy atom. The number of aryl methyl sites for hydroxylation is 1. The fourth-order valence-corrected chi connectivity index (χ4v) is 1.94. The van der Waals surface area contributed by atoms with E-state index in [0.29, 0.717) is 18.1 Å². The number of nitrogens with one attached hydrogen (secondary N) is 3. The number of urea groups is 1. The van der Waals surface area contributed by atoms with E-state index in [2.05, 4.69) is 21.2 Å². The molecule has 0 aliphatic rings. The minimum atomic E-state index is -0.526. The van der Waals surface area contributed by atoms with Gasteiger partial charge in [0.15, 0.2) is 0 Å². The Balaban J connectivity index is 1.81. The summed E-state index contributed by atoms with van der Waals surface area (Å²) in [6, 6.07) is 10.1. The molecule has 3 N–H and O–H groups in total. The zero-order chi connectivity index (χ0) is 17.4. The minimum absolute atomic E-state index is 0.232. The number of ether oxygens (including phenoxy) is 1. The van der Waals surface area contributed by atoms with Crippen LogP contribution in [0, 0.1) is 6.92 Å². The Hall–Kier alpha value is -3.09. The number of hydrogen-bond acceptors (Lipinski definition) is 4. The maximum atomic E-state index is 11.9. The van der Waals surface area contributed by atoms with E-state index in [4.69, 9.17) is 4.74 Å². The molecule has 126 valence electrons. The molecule has 1 aromatic carbocycles. The van der Waals surface area contributed by atoms with E-state index in [0.717, 1.165) is 11.1 Å². The molecule has 1 aromatic heterocycles. The lowest BCUT2D eigenvalue weighted by Crippen LogP contribution is -2.46. The number of aromatic nitrogens is 1. The molecule has 0 unspecified atom stereocenters. The first-order valence-electron chi connectivity index (χ1n) is 7.57. The molecule has 0 aliphatic carbocycles. The van der Waals surface area contributed by atoms with Gasteiger partial charge in [-0.25, -0.2) is 15.2 Å². The van der Waals surface area contributed by atoms with Crippen molar-refractivity contribution in [1.29, 1.82) is 0 Å². The van der Waals surface area contributed by atoms with Crippen molar-refractivity contribution in [2.75, 3.05) is 6.61 Å². The Kier molecular flexibility index (Phi) is 6.13. The second-order valence-corrected chi connectivity index (χ2v) is 5.03. The van der Waals surface area contributed by atoms with E-state index >= 15 is 0 Å². The van der Waals surface area contributed by atoms with Crippen molar-refractivity contribution in [1.82, 2.24) is 21.2 Å². The summed E-state index contributed by atoms with van der Waals surface area (Å²) in [6.07, 6.45) is 1.62. The van der Waals surface area contributed by atoms with Crippen molar-refractivity contribution in [3.63, 3.8) is 0 Å². The van der Waals surface area contributed by atoms with Crippen LogP contribution in [0.25, 0.3) is 0 Å². The molecule has 7 nitrogen and oxygen atoms in total. The molecule has 0 radical (unpaired) electrons. The lowest BCUT2D eigenvalue weighted by atomic mass is 10.1. The highest BCUT2D eigenvalue weighted by Crippen LogP contribution is 2.13. The Bertz CT molecular complexity index is 701. The van der Waals surface area contributed by atoms with Crippen LogP contribution in [0.2, 0.25) is 0 Å². The molecule has 0 saturated heterocycles. The van der Waals surface area contributed by atoms with E-state index < -0.39 is 6.03 Å². The SMILES string of the molecule is CCOc1ncccc1CNC(=O)NNC(=O)c1ccc(C)cc1. The zero-order valence-electron chi connectivity index (χ0n) is 13.6. The molecule has 0 aliphatic heterocycles. The molecule has 7 heteroatoms. The zero-order valence-corrected chi connectivity index (χ0v) is 13.6. The quantitative estimate of drug-likeness (QED) is 0.731. The van der Waals surface area contributed by atoms with Gasteiger partial charge in [0.2, 0.25) is 5.88 Å². The summed E-state index contributed by atoms with van der Waals surface area (Å²) in [5.74, 6) is 0.0884. The van der Waals surface area contributed by atoms with Crippen LogP contribution >= 0.6 is 0 Å². The number of carbonyl (C=O) groups is 2. The summed E-state index contributed by atoms with van der Waals surface area (Å²) in [7, 11) is 0. The molecule has 0 atom stereocenters. The third kappa shape index (κ3) is 4.98. The molecule has 24 heavy (non-hydrogen) atoms. The summed E-state index contributed by atoms with van der Waals surface area (Å²) in [4.78, 5) is 27.8. The molecule has 2 rings (SSSR count). The van der Waals surface area contributed by atoms with Crippen LogP contribution in [0.5, 0.6) is 5.88 Å². The van der Waals surface area contributed by atoms with Crippen LogP contribution in [0.3, 0.4) is 0 Å². The molecule has 2 aromatic rings. The van der Waals surface area contributed by atoms with Gasteiger partial charge in [0.05, 0.1) is 6.61 Å². The molecule has 0 spiro atoms. The third-order valence-corrected chi connectivity index (χ3v) is 3.17. The van der Waals surface area contributed by atoms with Crippen LogP contribution in [0.4, 0.5) is 4.79 Å². The first-order valence-corrected chi connectivity index (χ1v) is 7.57. The highest BCUT2D eigenvalue weighted by Gasteiger charge is 2.08. The van der Waals surface area contributed by atoms with Crippen LogP contribution in [0.15, 0.2) is 42.6 Å². The standard InChI is InChI=1S/C17H20N4O3/c1-3-24-16-14(5-4-10-18-16)11-19-17(23)21-20-15(22)13-8-6-12(2)7-9-13/h4-10H,3,11H2,1-2H3,(H,20,22)(H2,19,21,23). The number of benzene rings is 1. The van der Waals surface area contributed by atoms with Crippen molar-refractivity contribution >= 4 is 11.9 Å². The predicted molar refractivity (Wildman–Crippen MR) is 89.4 cm³/mol. The topological polar surface area (TPSA) is 92.3 Å². The van der Waals surface area contributed by atoms with Crippen molar-refractivity contribution in [3.05, 3.63) is 59.3 Å². The average Bonchev–Trinajstić information content (AvgIpc) is 2.60. The highest BCUT2D eigenvalue weighted by molar-refractivity contribution is 5.95. The smallest absolute Gasteiger partial charge is 0.333 e. The number of rotatable bonds is 5. The highest BCUT2D eigenvalue weighted by atomic mass is 16.5. The average molecular weight is 328 g/mol. The Morgan fingerprint density at radius 1 is 1.12 bits per heavy atom. The van der Waals surface area contributed by atoms with Gasteiger partial charge in [-0.05, 0) is 32.0 Å². The van der Waals surface area contributed by atoms with Gasteiger partial charge >= 0.3 is 6.03 Å². The summed E-state index contributed by atoms with van der Waals surface area (Å²) >= 11 is 0. The molecule has 0 bridgehead atoms. The van der Waals surface area contributed by atoms with Crippen LogP contribution < -0.4 is 20.9 Å². The van der Waals surface area contributed by atoms with E-state index in [1.165, 1.54) is 0 Å². The van der Waals surface area contributed by atoms with Crippen LogP contribution in [-0.4, -0.2) is 23.5 Å². The number of hydrazine groups is 1. The second-order valence-electron chi connectivity index (χ2n) is 5.03. The summed E-state index contributed by atoms with van der Waals surface area (Å²) in [5, 5.41) is 2.63. The van der Waals surface area contributed by atoms with Gasteiger partial charge in [0.1, 0.15) is 0 Å². The summed E-state index contributed by atoms with van der Waals surface area (Å²) in [6.45, 7) is 4.51. The Labute approximate surface area is 140 Å². The fraction of sp³-hybridized carbons (Fsp3) is 0.235. The van der Waals surface area contributed by atoms with Gasteiger partial charge in [0, 0.05) is 23.9 Å². The lowest BCUT2D eigenvalue weighted by molar-refractivity contribution is 0.0936. The number of nitrogens with zero attached hydrogens (tertiary/aromatic N) is 1. The van der Waals surface area contributed by atoms with Gasteiger partial charge in [0.25, 0.3) is 5.91 Å². The summed E-state index contributed by atoms with van der Waals surface area (Å²) in [5.41, 5.74) is 6.92. The van der Waals surface area contributed by atoms with Crippen LogP contribution in [0.1, 0.15) is 28.4 Å². The van der Waals surface area contributed by atoms with Gasteiger partial charge < -0.3 is 10.1 Å². The fourth-order valence-electron chi connectivity index (χ4n) is 1.94. The molecule has 1 heterocycles. The molecule has 0 saturated carbocycles. The normalized spacial score (nSPS) is 9.92. The number of amides is 3. The van der Waals surface area contributed by atoms with Crippen molar-refractivity contribution in [2.45, 2.75) is 20.4 Å². The maximum Gasteiger partial charge on any atom is 0.333 e. The van der Waals surface area contributed by atoms with Crippen LogP contribution in [-0.2, 0) is 6.54 Å². The van der Waals surface area contributed by atoms with E-state index in [1.807, 2.05) is 32.0 Å². The second kappa shape index (κ2) is 8.52. The van der Waals surface area contributed by atoms with Gasteiger partial charge in [-0.15, -0.1) is 0 Å². The number of hydrogen-bond donors (Lipinski definition) is 3. The lowest BCUT2D eigenvalue weighted by Gasteiger charge is -2.11. The largest absolute Gasteiger partial charge is 0.478 e. The first-order chi connectivity index (χ1) is 11.6. The van der Waals surface area contributed by atoms with Gasteiger partial charge in [-0.2, -0.15) is 0 Å². The molecule has 3 amide bonds. The maximum absolute atomic E-state index is 11.9. The Morgan fingerprint density at radius 2 is 1.88 bits per heavy atom. The summed E-state index contributed by atoms with van der Waals surface area (Å²) < 4.78 is 5.38. The molecular weight excluding hydrogens is 308 g/mol. The van der Waals surface area contributed by atoms with Gasteiger partial charge in [-0.1, -0.05) is 23.8 Å². The first kappa shape index (κ1) is 17.3. The van der Waals surface area contributed by atoms with Gasteiger partial charge in [-0.3, -0.25) is 10.2 Å². The molecule has 0 fully saturated rings. The third-order valence-electron chi connectivity index (χ3n) is 3.17. The van der Waals surface area contributed by atoms with Crippen molar-refractivity contribution in [2.24, 2.45) is 0 Å². The minimum Gasteiger partial charge on any atom is -0.478 e. The van der Waals surface area contributed by atoms with Crippen molar-refractivity contribution < 1.29 is 14.3 Å². The van der Waals surface area contributed by atoms with Crippen molar-refractivity contribution in [3.8, 4) is 5.88 Å². The van der Waals surface area contributed by atoms with E-state index in [9.17, 15) is 9.59 Å². The number of pyridine rings is 1. The van der Waals surface area contributed by atoms with E-state index in [-0.39, 0.29) is 12.5 Å². The molecular formula is C17H20N4O3. The predicted octanol–water partition coefficient (Wildman–Crippen LogP) is 1.93. The van der Waals surface area contributed by atoms with E-state index in [1.54, 1.807) is 24.4 Å². The number of carbonyl (C=O) groups excluding carboxylic acids is 2.